The Morgan fingerprint density at radius 1 is 1.11 bits per heavy atom. The van der Waals surface area contributed by atoms with Crippen molar-refractivity contribution in [2.75, 3.05) is 0 Å². The Labute approximate surface area is 163 Å². The topological polar surface area (TPSA) is 68.8 Å². The van der Waals surface area contributed by atoms with Gasteiger partial charge in [0, 0.05) is 23.4 Å². The molecule has 140 valence electrons. The van der Waals surface area contributed by atoms with Gasteiger partial charge in [-0.2, -0.15) is 0 Å². The molecule has 2 aliphatic rings. The maximum atomic E-state index is 6.21. The first kappa shape index (κ1) is 17.0. The molecule has 0 unspecified atom stereocenters. The smallest absolute Gasteiger partial charge is 0.197 e. The van der Waals surface area contributed by atoms with Crippen LogP contribution in [0.25, 0.3) is 5.69 Å². The van der Waals surface area contributed by atoms with E-state index in [1.807, 2.05) is 19.1 Å². The van der Waals surface area contributed by atoms with E-state index >= 15 is 0 Å². The standard InChI is InChI=1S/C20H22ClN5O/c1-12-11-27-20(23-12)14-4-2-13(3-5-14)19-25-24-18-10-22-9-15-8-16(21)6-7-17(15)26(18)19/h6-8,11,13-14,22H,2-5,9-10H2,1H3/t13-,14-. The Hall–Kier alpha value is -2.18. The van der Waals surface area contributed by atoms with E-state index < -0.39 is 0 Å². The lowest BCUT2D eigenvalue weighted by atomic mass is 9.81. The highest BCUT2D eigenvalue weighted by Gasteiger charge is 2.31. The molecule has 3 heterocycles. The van der Waals surface area contributed by atoms with Crippen LogP contribution in [0.4, 0.5) is 0 Å². The van der Waals surface area contributed by atoms with Crippen molar-refractivity contribution in [3.8, 4) is 5.69 Å². The van der Waals surface area contributed by atoms with Gasteiger partial charge in [-0.15, -0.1) is 10.2 Å². The van der Waals surface area contributed by atoms with Crippen molar-refractivity contribution in [3.05, 3.63) is 58.3 Å². The molecule has 7 heteroatoms. The van der Waals surface area contributed by atoms with Gasteiger partial charge in [-0.25, -0.2) is 4.98 Å². The van der Waals surface area contributed by atoms with Crippen LogP contribution in [-0.4, -0.2) is 19.7 Å². The van der Waals surface area contributed by atoms with Gasteiger partial charge in [0.05, 0.1) is 17.9 Å². The van der Waals surface area contributed by atoms with E-state index in [1.165, 1.54) is 5.56 Å². The summed E-state index contributed by atoms with van der Waals surface area (Å²) in [4.78, 5) is 4.52. The average Bonchev–Trinajstić information content (AvgIpc) is 3.25. The molecular formula is C20H22ClN5O. The van der Waals surface area contributed by atoms with Crippen molar-refractivity contribution in [2.45, 2.75) is 57.5 Å². The summed E-state index contributed by atoms with van der Waals surface area (Å²) < 4.78 is 7.87. The molecule has 1 saturated carbocycles. The Kier molecular flexibility index (Phi) is 4.25. The average molecular weight is 384 g/mol. The van der Waals surface area contributed by atoms with Crippen LogP contribution < -0.4 is 5.32 Å². The highest BCUT2D eigenvalue weighted by Crippen LogP contribution is 2.40. The molecule has 0 saturated heterocycles. The van der Waals surface area contributed by atoms with E-state index in [4.69, 9.17) is 16.0 Å². The van der Waals surface area contributed by atoms with Gasteiger partial charge >= 0.3 is 0 Å². The predicted octanol–water partition coefficient (Wildman–Crippen LogP) is 4.26. The lowest BCUT2D eigenvalue weighted by molar-refractivity contribution is 0.331. The van der Waals surface area contributed by atoms with Crippen molar-refractivity contribution >= 4 is 11.6 Å². The first-order valence-electron chi connectivity index (χ1n) is 9.55. The molecule has 1 fully saturated rings. The van der Waals surface area contributed by atoms with E-state index in [1.54, 1.807) is 6.26 Å². The summed E-state index contributed by atoms with van der Waals surface area (Å²) in [5, 5.41) is 13.3. The van der Waals surface area contributed by atoms with E-state index in [2.05, 4.69) is 31.1 Å². The molecule has 0 radical (unpaired) electrons. The predicted molar refractivity (Wildman–Crippen MR) is 102 cm³/mol. The van der Waals surface area contributed by atoms with E-state index in [-0.39, 0.29) is 0 Å². The van der Waals surface area contributed by atoms with Crippen LogP contribution in [0.3, 0.4) is 0 Å². The molecule has 0 atom stereocenters. The van der Waals surface area contributed by atoms with Crippen LogP contribution in [-0.2, 0) is 13.1 Å². The molecule has 27 heavy (non-hydrogen) atoms. The third-order valence-electron chi connectivity index (χ3n) is 5.71. The van der Waals surface area contributed by atoms with Crippen molar-refractivity contribution in [3.63, 3.8) is 0 Å². The number of rotatable bonds is 2. The number of oxazole rings is 1. The normalized spacial score (nSPS) is 22.1. The second-order valence-corrected chi connectivity index (χ2v) is 8.00. The van der Waals surface area contributed by atoms with Crippen LogP contribution in [0.2, 0.25) is 5.02 Å². The van der Waals surface area contributed by atoms with E-state index in [0.717, 1.165) is 66.2 Å². The molecule has 0 bridgehead atoms. The number of fused-ring (bicyclic) bond motifs is 3. The summed E-state index contributed by atoms with van der Waals surface area (Å²) in [5.41, 5.74) is 3.29. The van der Waals surface area contributed by atoms with E-state index in [0.29, 0.717) is 18.4 Å². The number of aryl methyl sites for hydroxylation is 1. The zero-order valence-corrected chi connectivity index (χ0v) is 16.0. The summed E-state index contributed by atoms with van der Waals surface area (Å²) in [5.74, 6) is 3.74. The minimum atomic E-state index is 0.403. The van der Waals surface area contributed by atoms with Crippen LogP contribution in [0, 0.1) is 6.92 Å². The third-order valence-corrected chi connectivity index (χ3v) is 5.95. The SMILES string of the molecule is Cc1coc([C@H]2CC[C@H](c3nnc4n3-c3ccc(Cl)cc3CNC4)CC2)n1. The lowest BCUT2D eigenvalue weighted by Gasteiger charge is -2.26. The fourth-order valence-corrected chi connectivity index (χ4v) is 4.55. The number of benzene rings is 1. The zero-order chi connectivity index (χ0) is 18.4. The number of hydrogen-bond donors (Lipinski definition) is 1. The van der Waals surface area contributed by atoms with Gasteiger partial charge in [-0.3, -0.25) is 4.57 Å². The summed E-state index contributed by atoms with van der Waals surface area (Å²) in [6.45, 7) is 3.47. The second-order valence-electron chi connectivity index (χ2n) is 7.56. The van der Waals surface area contributed by atoms with Crippen LogP contribution in [0.5, 0.6) is 0 Å². The highest BCUT2D eigenvalue weighted by molar-refractivity contribution is 6.30. The summed E-state index contributed by atoms with van der Waals surface area (Å²) >= 11 is 6.21. The molecule has 2 aromatic heterocycles. The summed E-state index contributed by atoms with van der Waals surface area (Å²) in [7, 11) is 0. The van der Waals surface area contributed by atoms with Gasteiger partial charge in [-0.1, -0.05) is 11.6 Å². The fourth-order valence-electron chi connectivity index (χ4n) is 4.35. The minimum Gasteiger partial charge on any atom is -0.448 e. The van der Waals surface area contributed by atoms with Gasteiger partial charge < -0.3 is 9.73 Å². The number of hydrogen-bond acceptors (Lipinski definition) is 5. The molecular weight excluding hydrogens is 362 g/mol. The van der Waals surface area contributed by atoms with Crippen LogP contribution in [0.15, 0.2) is 28.9 Å². The molecule has 0 spiro atoms. The maximum Gasteiger partial charge on any atom is 0.197 e. The molecule has 1 aliphatic heterocycles. The monoisotopic (exact) mass is 383 g/mol. The van der Waals surface area contributed by atoms with Crippen molar-refractivity contribution in [1.29, 1.82) is 0 Å². The Bertz CT molecular complexity index is 971. The number of halogens is 1. The minimum absolute atomic E-state index is 0.403. The molecule has 3 aromatic rings. The fraction of sp³-hybridized carbons (Fsp3) is 0.450. The number of nitrogens with zero attached hydrogens (tertiary/aromatic N) is 4. The van der Waals surface area contributed by atoms with Crippen LogP contribution >= 0.6 is 11.6 Å². The molecule has 1 aliphatic carbocycles. The molecule has 5 rings (SSSR count). The molecule has 1 N–H and O–H groups in total. The van der Waals surface area contributed by atoms with Crippen molar-refractivity contribution in [1.82, 2.24) is 25.1 Å². The second kappa shape index (κ2) is 6.77. The van der Waals surface area contributed by atoms with Crippen molar-refractivity contribution in [2.24, 2.45) is 0 Å². The van der Waals surface area contributed by atoms with Gasteiger partial charge in [0.25, 0.3) is 0 Å². The van der Waals surface area contributed by atoms with Crippen molar-refractivity contribution < 1.29 is 4.42 Å². The Morgan fingerprint density at radius 2 is 1.93 bits per heavy atom. The molecule has 1 aromatic carbocycles. The highest BCUT2D eigenvalue weighted by atomic mass is 35.5. The molecule has 0 amide bonds. The van der Waals surface area contributed by atoms with Gasteiger partial charge in [-0.05, 0) is 56.4 Å². The van der Waals surface area contributed by atoms with E-state index in [9.17, 15) is 0 Å². The number of aromatic nitrogens is 4. The molecule has 6 nitrogen and oxygen atoms in total. The third kappa shape index (κ3) is 3.07. The first-order valence-corrected chi connectivity index (χ1v) is 9.92. The van der Waals surface area contributed by atoms with Gasteiger partial charge in [0.2, 0.25) is 0 Å². The van der Waals surface area contributed by atoms with Crippen LogP contribution in [0.1, 0.15) is 66.3 Å². The first-order chi connectivity index (χ1) is 13.2. The Morgan fingerprint density at radius 3 is 2.70 bits per heavy atom. The summed E-state index contributed by atoms with van der Waals surface area (Å²) in [6, 6.07) is 6.06. The van der Waals surface area contributed by atoms with Gasteiger partial charge in [0.1, 0.15) is 12.1 Å². The zero-order valence-electron chi connectivity index (χ0n) is 15.3. The quantitative estimate of drug-likeness (QED) is 0.716. The van der Waals surface area contributed by atoms with Gasteiger partial charge in [0.15, 0.2) is 11.7 Å². The number of nitrogens with one attached hydrogen (secondary N) is 1. The lowest BCUT2D eigenvalue weighted by Crippen LogP contribution is -2.17. The summed E-state index contributed by atoms with van der Waals surface area (Å²) in [6.07, 6.45) is 6.02. The Balaban J connectivity index is 1.43. The largest absolute Gasteiger partial charge is 0.448 e. The maximum absolute atomic E-state index is 6.21.